The molecule has 16 heavy (non-hydrogen) atoms. The molecule has 1 aliphatic heterocycles. The molecule has 0 spiro atoms. The third kappa shape index (κ3) is 2.22. The molecule has 0 saturated carbocycles. The molecule has 2 heterocycles. The molecule has 0 aromatic carbocycles. The molecule has 0 bridgehead atoms. The summed E-state index contributed by atoms with van der Waals surface area (Å²) in [5.41, 5.74) is 0.780. The van der Waals surface area contributed by atoms with Gasteiger partial charge in [0.2, 0.25) is 0 Å². The first-order valence-electron chi connectivity index (χ1n) is 4.65. The van der Waals surface area contributed by atoms with E-state index in [0.29, 0.717) is 24.1 Å². The van der Waals surface area contributed by atoms with Crippen LogP contribution in [-0.4, -0.2) is 23.0 Å². The second-order valence-electron chi connectivity index (χ2n) is 3.22. The summed E-state index contributed by atoms with van der Waals surface area (Å²) in [7, 11) is 0. The first-order valence-corrected chi connectivity index (χ1v) is 5.03. The molecule has 6 nitrogen and oxygen atoms in total. The number of pyridine rings is 1. The van der Waals surface area contributed by atoms with E-state index in [4.69, 9.17) is 11.6 Å². The van der Waals surface area contributed by atoms with E-state index in [1.165, 1.54) is 0 Å². The monoisotopic (exact) mass is 240 g/mol. The van der Waals surface area contributed by atoms with Crippen LogP contribution in [0.2, 0.25) is 5.15 Å². The lowest BCUT2D eigenvalue weighted by molar-refractivity contribution is -0.403. The number of nitrogens with zero attached hydrogens (tertiary/aromatic N) is 3. The van der Waals surface area contributed by atoms with Crippen molar-refractivity contribution in [2.45, 2.75) is 0 Å². The summed E-state index contributed by atoms with van der Waals surface area (Å²) in [5.74, 6) is 0.467. The number of rotatable bonds is 2. The fraction of sp³-hybridized carbons (Fsp3) is 0.222. The maximum absolute atomic E-state index is 10.4. The molecule has 0 unspecified atom stereocenters. The second-order valence-corrected chi connectivity index (χ2v) is 3.60. The Morgan fingerprint density at radius 3 is 3.06 bits per heavy atom. The maximum atomic E-state index is 10.4. The predicted octanol–water partition coefficient (Wildman–Crippen LogP) is 1.22. The fourth-order valence-corrected chi connectivity index (χ4v) is 1.63. The summed E-state index contributed by atoms with van der Waals surface area (Å²) < 4.78 is 0. The fourth-order valence-electron chi connectivity index (χ4n) is 1.52. The van der Waals surface area contributed by atoms with Crippen molar-refractivity contribution in [1.82, 2.24) is 10.3 Å². The summed E-state index contributed by atoms with van der Waals surface area (Å²) in [6.45, 7) is 1.34. The van der Waals surface area contributed by atoms with E-state index < -0.39 is 4.92 Å². The Morgan fingerprint density at radius 2 is 2.44 bits per heavy atom. The van der Waals surface area contributed by atoms with E-state index in [1.807, 2.05) is 0 Å². The van der Waals surface area contributed by atoms with Crippen molar-refractivity contribution < 1.29 is 4.92 Å². The molecule has 1 fully saturated rings. The minimum atomic E-state index is -0.482. The van der Waals surface area contributed by atoms with Crippen molar-refractivity contribution >= 4 is 17.3 Å². The third-order valence-corrected chi connectivity index (χ3v) is 2.41. The molecule has 84 valence electrons. The van der Waals surface area contributed by atoms with Gasteiger partial charge in [0.15, 0.2) is 5.82 Å². The molecule has 1 N–H and O–H groups in total. The Balaban J connectivity index is 2.26. The molecule has 1 saturated heterocycles. The van der Waals surface area contributed by atoms with Crippen molar-refractivity contribution in [3.63, 3.8) is 0 Å². The first kappa shape index (κ1) is 10.7. The average molecular weight is 241 g/mol. The van der Waals surface area contributed by atoms with Crippen molar-refractivity contribution in [2.24, 2.45) is 0 Å². The van der Waals surface area contributed by atoms with E-state index in [-0.39, 0.29) is 0 Å². The third-order valence-electron chi connectivity index (χ3n) is 2.18. The van der Waals surface area contributed by atoms with E-state index in [1.54, 1.807) is 23.2 Å². The highest BCUT2D eigenvalue weighted by molar-refractivity contribution is 6.29. The summed E-state index contributed by atoms with van der Waals surface area (Å²) in [6.07, 6.45) is 2.53. The van der Waals surface area contributed by atoms with Gasteiger partial charge in [-0.2, -0.15) is 0 Å². The lowest BCUT2D eigenvalue weighted by Crippen LogP contribution is -2.20. The molecule has 0 atom stereocenters. The average Bonchev–Trinajstić information content (AvgIpc) is 2.66. The maximum Gasteiger partial charge on any atom is 0.274 e. The van der Waals surface area contributed by atoms with Crippen LogP contribution in [-0.2, 0) is 0 Å². The molecule has 7 heteroatoms. The zero-order valence-corrected chi connectivity index (χ0v) is 9.02. The van der Waals surface area contributed by atoms with Gasteiger partial charge in [-0.3, -0.25) is 10.1 Å². The highest BCUT2D eigenvalue weighted by atomic mass is 35.5. The van der Waals surface area contributed by atoms with Crippen LogP contribution in [0.4, 0.5) is 5.69 Å². The van der Waals surface area contributed by atoms with Crippen LogP contribution < -0.4 is 10.2 Å². The molecule has 1 aliphatic rings. The van der Waals surface area contributed by atoms with Crippen LogP contribution in [0.5, 0.6) is 0 Å². The van der Waals surface area contributed by atoms with Gasteiger partial charge in [-0.15, -0.1) is 0 Å². The molecule has 1 aromatic heterocycles. The van der Waals surface area contributed by atoms with Crippen LogP contribution in [0.3, 0.4) is 0 Å². The second kappa shape index (κ2) is 4.36. The van der Waals surface area contributed by atoms with Gasteiger partial charge in [0, 0.05) is 13.1 Å². The van der Waals surface area contributed by atoms with E-state index >= 15 is 0 Å². The van der Waals surface area contributed by atoms with Crippen molar-refractivity contribution in [3.8, 4) is 0 Å². The van der Waals surface area contributed by atoms with Crippen molar-refractivity contribution in [3.05, 3.63) is 45.6 Å². The van der Waals surface area contributed by atoms with Crippen LogP contribution in [0.25, 0.3) is 0 Å². The lowest BCUT2D eigenvalue weighted by Gasteiger charge is -2.16. The van der Waals surface area contributed by atoms with Gasteiger partial charge < -0.3 is 10.2 Å². The van der Waals surface area contributed by atoms with Crippen LogP contribution in [0, 0.1) is 10.1 Å². The van der Waals surface area contributed by atoms with E-state index in [9.17, 15) is 10.1 Å². The highest BCUT2D eigenvalue weighted by Crippen LogP contribution is 2.20. The smallest absolute Gasteiger partial charge is 0.274 e. The number of hydrogen-bond donors (Lipinski definition) is 1. The zero-order valence-electron chi connectivity index (χ0n) is 8.26. The van der Waals surface area contributed by atoms with Crippen LogP contribution in [0.1, 0.15) is 0 Å². The molecule has 2 rings (SSSR count). The van der Waals surface area contributed by atoms with Crippen LogP contribution >= 0.6 is 11.6 Å². The van der Waals surface area contributed by atoms with Crippen molar-refractivity contribution in [2.75, 3.05) is 18.0 Å². The Hall–Kier alpha value is -1.82. The number of nitro groups is 1. The van der Waals surface area contributed by atoms with Gasteiger partial charge in [-0.25, -0.2) is 4.98 Å². The summed E-state index contributed by atoms with van der Waals surface area (Å²) >= 11 is 5.67. The van der Waals surface area contributed by atoms with E-state index in [0.717, 1.165) is 11.9 Å². The first-order chi connectivity index (χ1) is 7.66. The largest absolute Gasteiger partial charge is 0.365 e. The number of nitrogens with one attached hydrogen (secondary N) is 1. The molecular formula is C9H9ClN4O2. The van der Waals surface area contributed by atoms with Gasteiger partial charge in [0.05, 0.1) is 16.8 Å². The predicted molar refractivity (Wildman–Crippen MR) is 59.7 cm³/mol. The molecule has 0 amide bonds. The van der Waals surface area contributed by atoms with Crippen molar-refractivity contribution in [1.29, 1.82) is 0 Å². The lowest BCUT2D eigenvalue weighted by atomic mass is 10.4. The molecule has 0 radical (unpaired) electrons. The Labute approximate surface area is 96.7 Å². The normalized spacial score (nSPS) is 17.6. The number of hydrogen-bond acceptors (Lipinski definition) is 5. The summed E-state index contributed by atoms with van der Waals surface area (Å²) in [4.78, 5) is 15.6. The number of halogens is 1. The van der Waals surface area contributed by atoms with Gasteiger partial charge >= 0.3 is 0 Å². The topological polar surface area (TPSA) is 71.3 Å². The standard InChI is InChI=1S/C9H9ClN4O2/c10-8-2-1-7(5-12-8)13-4-3-11-9(13)6-14(15)16/h1-2,5-6,11H,3-4H2/b9-6+. The summed E-state index contributed by atoms with van der Waals surface area (Å²) in [6, 6.07) is 3.43. The van der Waals surface area contributed by atoms with Gasteiger partial charge in [0.1, 0.15) is 5.15 Å². The van der Waals surface area contributed by atoms with E-state index in [2.05, 4.69) is 10.3 Å². The molecule has 1 aromatic rings. The Morgan fingerprint density at radius 1 is 1.62 bits per heavy atom. The quantitative estimate of drug-likeness (QED) is 0.478. The van der Waals surface area contributed by atoms with Gasteiger partial charge in [0.25, 0.3) is 6.20 Å². The SMILES string of the molecule is O=[N+]([O-])/C=C1\NCCN1c1ccc(Cl)nc1. The molecule has 0 aliphatic carbocycles. The van der Waals surface area contributed by atoms with Gasteiger partial charge in [-0.05, 0) is 12.1 Å². The van der Waals surface area contributed by atoms with Gasteiger partial charge in [-0.1, -0.05) is 11.6 Å². The minimum Gasteiger partial charge on any atom is -0.365 e. The number of aromatic nitrogens is 1. The minimum absolute atomic E-state index is 0.399. The summed E-state index contributed by atoms with van der Waals surface area (Å²) in [5, 5.41) is 13.7. The zero-order chi connectivity index (χ0) is 11.5. The highest BCUT2D eigenvalue weighted by Gasteiger charge is 2.20. The Kier molecular flexibility index (Phi) is 2.91. The van der Waals surface area contributed by atoms with Crippen LogP contribution in [0.15, 0.2) is 30.4 Å². The molecular weight excluding hydrogens is 232 g/mol. The Bertz CT molecular complexity index is 432. The number of anilines is 1.